The van der Waals surface area contributed by atoms with Crippen LogP contribution in [0.25, 0.3) is 0 Å². The predicted molar refractivity (Wildman–Crippen MR) is 52.4 cm³/mol. The molecule has 2 nitrogen and oxygen atoms in total. The summed E-state index contributed by atoms with van der Waals surface area (Å²) >= 11 is 0. The minimum Gasteiger partial charge on any atom is -0.342 e. The van der Waals surface area contributed by atoms with Crippen LogP contribution in [0.15, 0.2) is 0 Å². The van der Waals surface area contributed by atoms with Crippen molar-refractivity contribution in [1.29, 1.82) is 0 Å². The fourth-order valence-electron chi connectivity index (χ4n) is 2.96. The van der Waals surface area contributed by atoms with Crippen molar-refractivity contribution < 1.29 is 4.79 Å². The topological polar surface area (TPSA) is 20.3 Å². The summed E-state index contributed by atoms with van der Waals surface area (Å²) in [5.41, 5.74) is 0. The molecule has 0 aromatic heterocycles. The van der Waals surface area contributed by atoms with Gasteiger partial charge in [-0.25, -0.2) is 0 Å². The summed E-state index contributed by atoms with van der Waals surface area (Å²) < 4.78 is 0. The highest BCUT2D eigenvalue weighted by Gasteiger charge is 2.30. The zero-order valence-corrected chi connectivity index (χ0v) is 8.24. The van der Waals surface area contributed by atoms with E-state index in [-0.39, 0.29) is 0 Å². The molecule has 0 N–H and O–H groups in total. The number of carbonyl (C=O) groups is 1. The minimum atomic E-state index is 0.591. The Hall–Kier alpha value is -0.530. The van der Waals surface area contributed by atoms with Crippen molar-refractivity contribution in [2.75, 3.05) is 6.54 Å². The second kappa shape index (κ2) is 4.12. The highest BCUT2D eigenvalue weighted by molar-refractivity contribution is 5.48. The van der Waals surface area contributed by atoms with Crippen LogP contribution < -0.4 is 0 Å². The fraction of sp³-hybridized carbons (Fsp3) is 0.909. The third kappa shape index (κ3) is 1.87. The van der Waals surface area contributed by atoms with Gasteiger partial charge in [0.25, 0.3) is 0 Å². The molecule has 1 aliphatic heterocycles. The number of hydrogen-bond acceptors (Lipinski definition) is 1. The smallest absolute Gasteiger partial charge is 0.209 e. The van der Waals surface area contributed by atoms with E-state index in [9.17, 15) is 4.79 Å². The van der Waals surface area contributed by atoms with Gasteiger partial charge in [-0.15, -0.1) is 0 Å². The van der Waals surface area contributed by atoms with E-state index in [4.69, 9.17) is 0 Å². The molecule has 74 valence electrons. The molecular weight excluding hydrogens is 162 g/mol. The molecule has 2 rings (SSSR count). The Labute approximate surface area is 80.3 Å². The molecule has 2 heteroatoms. The van der Waals surface area contributed by atoms with Gasteiger partial charge in [0.1, 0.15) is 0 Å². The third-order valence-electron chi connectivity index (χ3n) is 3.67. The van der Waals surface area contributed by atoms with Crippen LogP contribution in [-0.4, -0.2) is 23.9 Å². The second-order valence-corrected chi connectivity index (χ2v) is 4.45. The number of carbonyl (C=O) groups excluding carboxylic acids is 1. The molecule has 0 bridgehead atoms. The lowest BCUT2D eigenvalue weighted by molar-refractivity contribution is -0.122. The standard InChI is InChI=1S/C11H19NO/c13-9-12-8-4-3-7-11(12)10-5-1-2-6-10/h9-11H,1-8H2. The number of nitrogens with zero attached hydrogens (tertiary/aromatic N) is 1. The molecule has 1 unspecified atom stereocenters. The van der Waals surface area contributed by atoms with Gasteiger partial charge in [-0.2, -0.15) is 0 Å². The van der Waals surface area contributed by atoms with Crippen LogP contribution in [0.1, 0.15) is 44.9 Å². The first kappa shape index (κ1) is 9.04. The van der Waals surface area contributed by atoms with Crippen molar-refractivity contribution in [3.8, 4) is 0 Å². The van der Waals surface area contributed by atoms with Gasteiger partial charge in [0, 0.05) is 12.6 Å². The van der Waals surface area contributed by atoms with E-state index in [1.165, 1.54) is 44.9 Å². The van der Waals surface area contributed by atoms with Gasteiger partial charge in [0.15, 0.2) is 0 Å². The predicted octanol–water partition coefficient (Wildman–Crippen LogP) is 2.19. The molecule has 1 saturated carbocycles. The van der Waals surface area contributed by atoms with Crippen LogP contribution in [0.3, 0.4) is 0 Å². The van der Waals surface area contributed by atoms with Gasteiger partial charge in [0.2, 0.25) is 6.41 Å². The van der Waals surface area contributed by atoms with Gasteiger partial charge < -0.3 is 4.90 Å². The average Bonchev–Trinajstić information content (AvgIpc) is 2.70. The van der Waals surface area contributed by atoms with E-state index in [1.807, 2.05) is 0 Å². The SMILES string of the molecule is O=CN1CCCCC1C1CCCC1. The molecule has 1 aliphatic carbocycles. The molecule has 0 aromatic carbocycles. The van der Waals surface area contributed by atoms with E-state index in [2.05, 4.69) is 4.90 Å². The van der Waals surface area contributed by atoms with Gasteiger partial charge in [0.05, 0.1) is 0 Å². The van der Waals surface area contributed by atoms with Crippen molar-refractivity contribution in [3.63, 3.8) is 0 Å². The number of likely N-dealkylation sites (tertiary alicyclic amines) is 1. The first-order valence-corrected chi connectivity index (χ1v) is 5.63. The normalized spacial score (nSPS) is 30.8. The van der Waals surface area contributed by atoms with E-state index < -0.39 is 0 Å². The summed E-state index contributed by atoms with van der Waals surface area (Å²) in [6, 6.07) is 0.591. The first-order valence-electron chi connectivity index (χ1n) is 5.63. The maximum atomic E-state index is 10.9. The fourth-order valence-corrected chi connectivity index (χ4v) is 2.96. The van der Waals surface area contributed by atoms with E-state index in [0.717, 1.165) is 18.9 Å². The highest BCUT2D eigenvalue weighted by atomic mass is 16.1. The Morgan fingerprint density at radius 1 is 1.00 bits per heavy atom. The molecule has 2 fully saturated rings. The Balaban J connectivity index is 1.96. The zero-order chi connectivity index (χ0) is 9.10. The number of piperidine rings is 1. The molecule has 2 aliphatic rings. The Kier molecular flexibility index (Phi) is 2.87. The van der Waals surface area contributed by atoms with Gasteiger partial charge in [-0.05, 0) is 38.0 Å². The molecule has 1 amide bonds. The van der Waals surface area contributed by atoms with Crippen LogP contribution in [0.4, 0.5) is 0 Å². The molecular formula is C11H19NO. The summed E-state index contributed by atoms with van der Waals surface area (Å²) in [6.07, 6.45) is 10.3. The zero-order valence-electron chi connectivity index (χ0n) is 8.24. The molecule has 0 aromatic rings. The van der Waals surface area contributed by atoms with E-state index >= 15 is 0 Å². The van der Waals surface area contributed by atoms with Crippen molar-refractivity contribution in [1.82, 2.24) is 4.90 Å². The van der Waals surface area contributed by atoms with Crippen LogP contribution in [0.5, 0.6) is 0 Å². The number of hydrogen-bond donors (Lipinski definition) is 0. The largest absolute Gasteiger partial charge is 0.342 e. The lowest BCUT2D eigenvalue weighted by Gasteiger charge is -2.36. The molecule has 1 saturated heterocycles. The number of amides is 1. The summed E-state index contributed by atoms with van der Waals surface area (Å²) in [5, 5.41) is 0. The first-order chi connectivity index (χ1) is 6.42. The lowest BCUT2D eigenvalue weighted by Crippen LogP contribution is -2.42. The monoisotopic (exact) mass is 181 g/mol. The van der Waals surface area contributed by atoms with E-state index in [1.54, 1.807) is 0 Å². The van der Waals surface area contributed by atoms with Gasteiger partial charge >= 0.3 is 0 Å². The summed E-state index contributed by atoms with van der Waals surface area (Å²) in [7, 11) is 0. The van der Waals surface area contributed by atoms with Crippen LogP contribution in [-0.2, 0) is 4.79 Å². The highest BCUT2D eigenvalue weighted by Crippen LogP contribution is 2.33. The van der Waals surface area contributed by atoms with Crippen LogP contribution >= 0.6 is 0 Å². The maximum Gasteiger partial charge on any atom is 0.209 e. The number of rotatable bonds is 2. The minimum absolute atomic E-state index is 0.591. The quantitative estimate of drug-likeness (QED) is 0.598. The molecule has 0 radical (unpaired) electrons. The average molecular weight is 181 g/mol. The second-order valence-electron chi connectivity index (χ2n) is 4.45. The molecule has 1 heterocycles. The van der Waals surface area contributed by atoms with Gasteiger partial charge in [-0.3, -0.25) is 4.79 Å². The molecule has 1 atom stereocenters. The Morgan fingerprint density at radius 2 is 1.69 bits per heavy atom. The van der Waals surface area contributed by atoms with Crippen molar-refractivity contribution in [2.24, 2.45) is 5.92 Å². The lowest BCUT2D eigenvalue weighted by atomic mass is 9.89. The van der Waals surface area contributed by atoms with Gasteiger partial charge in [-0.1, -0.05) is 12.8 Å². The summed E-state index contributed by atoms with van der Waals surface area (Å²) in [4.78, 5) is 12.9. The maximum absolute atomic E-state index is 10.9. The van der Waals surface area contributed by atoms with Crippen LogP contribution in [0, 0.1) is 5.92 Å². The van der Waals surface area contributed by atoms with Crippen LogP contribution in [0.2, 0.25) is 0 Å². The Bertz CT molecular complexity index is 175. The van der Waals surface area contributed by atoms with Crippen molar-refractivity contribution in [2.45, 2.75) is 51.0 Å². The molecule has 0 spiro atoms. The summed E-state index contributed by atoms with van der Waals surface area (Å²) in [5.74, 6) is 0.825. The third-order valence-corrected chi connectivity index (χ3v) is 3.67. The van der Waals surface area contributed by atoms with Crippen molar-refractivity contribution in [3.05, 3.63) is 0 Å². The molecule has 13 heavy (non-hydrogen) atoms. The Morgan fingerprint density at radius 3 is 2.38 bits per heavy atom. The van der Waals surface area contributed by atoms with E-state index in [0.29, 0.717) is 6.04 Å². The summed E-state index contributed by atoms with van der Waals surface area (Å²) in [6.45, 7) is 1.00. The van der Waals surface area contributed by atoms with Crippen molar-refractivity contribution >= 4 is 6.41 Å².